The zero-order valence-corrected chi connectivity index (χ0v) is 13.7. The molecule has 4 nitrogen and oxygen atoms in total. The van der Waals surface area contributed by atoms with E-state index in [0.29, 0.717) is 10.6 Å². The summed E-state index contributed by atoms with van der Waals surface area (Å²) in [6, 6.07) is 5.61. The van der Waals surface area contributed by atoms with Crippen molar-refractivity contribution in [1.82, 2.24) is 9.88 Å². The fourth-order valence-electron chi connectivity index (χ4n) is 3.47. The molecule has 1 aromatic heterocycles. The number of benzene rings is 1. The minimum atomic E-state index is 0.0247. The van der Waals surface area contributed by atoms with Crippen LogP contribution in [-0.2, 0) is 0 Å². The number of nitrogens with one attached hydrogen (secondary N) is 1. The Kier molecular flexibility index (Phi) is 4.15. The number of halogens is 1. The lowest BCUT2D eigenvalue weighted by atomic mass is 9.90. The van der Waals surface area contributed by atoms with E-state index in [4.69, 9.17) is 11.6 Å². The number of aromatic amines is 1. The quantitative estimate of drug-likeness (QED) is 0.891. The molecule has 2 heterocycles. The molecular formula is C17H21ClN2O2. The van der Waals surface area contributed by atoms with Crippen molar-refractivity contribution in [1.29, 1.82) is 0 Å². The summed E-state index contributed by atoms with van der Waals surface area (Å²) in [4.78, 5) is 18.2. The first-order chi connectivity index (χ1) is 10.5. The van der Waals surface area contributed by atoms with Gasteiger partial charge < -0.3 is 15.0 Å². The largest absolute Gasteiger partial charge is 0.396 e. The first-order valence-electron chi connectivity index (χ1n) is 7.72. The number of H-pyrrole nitrogens is 1. The lowest BCUT2D eigenvalue weighted by molar-refractivity contribution is 0.0430. The summed E-state index contributed by atoms with van der Waals surface area (Å²) >= 11 is 6.09. The van der Waals surface area contributed by atoms with E-state index in [2.05, 4.69) is 4.98 Å². The summed E-state index contributed by atoms with van der Waals surface area (Å²) in [5.74, 6) is 0.184. The highest BCUT2D eigenvalue weighted by Gasteiger charge is 2.32. The number of carbonyl (C=O) groups excluding carboxylic acids is 1. The van der Waals surface area contributed by atoms with Crippen LogP contribution < -0.4 is 0 Å². The second-order valence-electron chi connectivity index (χ2n) is 6.14. The molecule has 1 amide bonds. The Morgan fingerprint density at radius 3 is 3.00 bits per heavy atom. The predicted octanol–water partition coefficient (Wildman–Crippen LogP) is 3.36. The number of aliphatic hydroxyl groups is 1. The third-order valence-corrected chi connectivity index (χ3v) is 5.04. The van der Waals surface area contributed by atoms with Gasteiger partial charge in [-0.1, -0.05) is 11.6 Å². The zero-order valence-electron chi connectivity index (χ0n) is 12.9. The van der Waals surface area contributed by atoms with Crippen LogP contribution in [-0.4, -0.2) is 40.1 Å². The molecule has 3 rings (SSSR count). The normalized spacial score (nSPS) is 22.3. The van der Waals surface area contributed by atoms with Crippen molar-refractivity contribution in [2.45, 2.75) is 32.7 Å². The molecule has 2 N–H and O–H groups in total. The maximum absolute atomic E-state index is 13.1. The molecule has 1 aliphatic heterocycles. The van der Waals surface area contributed by atoms with E-state index in [-0.39, 0.29) is 24.5 Å². The highest BCUT2D eigenvalue weighted by Crippen LogP contribution is 2.30. The Morgan fingerprint density at radius 1 is 1.50 bits per heavy atom. The average molecular weight is 321 g/mol. The van der Waals surface area contributed by atoms with Crippen LogP contribution in [0.2, 0.25) is 5.02 Å². The van der Waals surface area contributed by atoms with Gasteiger partial charge in [-0.3, -0.25) is 4.79 Å². The molecule has 2 atom stereocenters. The number of amides is 1. The zero-order chi connectivity index (χ0) is 15.9. The molecule has 0 aliphatic carbocycles. The van der Waals surface area contributed by atoms with Crippen molar-refractivity contribution in [3.63, 3.8) is 0 Å². The maximum atomic E-state index is 13.1. The second kappa shape index (κ2) is 5.94. The Labute approximate surface area is 135 Å². The van der Waals surface area contributed by atoms with Crippen LogP contribution in [0.15, 0.2) is 18.2 Å². The summed E-state index contributed by atoms with van der Waals surface area (Å²) in [6.45, 7) is 4.81. The van der Waals surface area contributed by atoms with E-state index in [1.54, 1.807) is 0 Å². The summed E-state index contributed by atoms with van der Waals surface area (Å²) < 4.78 is 0. The molecule has 2 unspecified atom stereocenters. The number of likely N-dealkylation sites (tertiary alicyclic amines) is 1. The fourth-order valence-corrected chi connectivity index (χ4v) is 3.64. The topological polar surface area (TPSA) is 56.3 Å². The van der Waals surface area contributed by atoms with Crippen molar-refractivity contribution >= 4 is 28.4 Å². The van der Waals surface area contributed by atoms with Crippen LogP contribution in [0.1, 0.15) is 35.8 Å². The van der Waals surface area contributed by atoms with Crippen LogP contribution >= 0.6 is 11.6 Å². The highest BCUT2D eigenvalue weighted by molar-refractivity contribution is 6.31. The molecular weight excluding hydrogens is 300 g/mol. The molecule has 1 saturated heterocycles. The lowest BCUT2D eigenvalue weighted by Gasteiger charge is -2.38. The minimum Gasteiger partial charge on any atom is -0.396 e. The van der Waals surface area contributed by atoms with Gasteiger partial charge in [0.05, 0.1) is 5.56 Å². The number of aromatic nitrogens is 1. The number of carbonyl (C=O) groups is 1. The molecule has 118 valence electrons. The van der Waals surface area contributed by atoms with Gasteiger partial charge in [0.2, 0.25) is 0 Å². The molecule has 1 fully saturated rings. The van der Waals surface area contributed by atoms with Crippen LogP contribution in [0.25, 0.3) is 10.9 Å². The number of hydrogen-bond acceptors (Lipinski definition) is 2. The van der Waals surface area contributed by atoms with Gasteiger partial charge in [0.1, 0.15) is 0 Å². The van der Waals surface area contributed by atoms with Crippen molar-refractivity contribution in [3.05, 3.63) is 34.5 Å². The molecule has 1 aromatic carbocycles. The van der Waals surface area contributed by atoms with Crippen LogP contribution in [0.5, 0.6) is 0 Å². The molecule has 2 aromatic rings. The number of aryl methyl sites for hydroxylation is 1. The summed E-state index contributed by atoms with van der Waals surface area (Å²) in [5.41, 5.74) is 2.48. The van der Waals surface area contributed by atoms with Crippen LogP contribution in [0.4, 0.5) is 0 Å². The average Bonchev–Trinajstić information content (AvgIpc) is 2.82. The van der Waals surface area contributed by atoms with Crippen molar-refractivity contribution in [2.24, 2.45) is 5.92 Å². The molecule has 0 spiro atoms. The molecule has 0 saturated carbocycles. The van der Waals surface area contributed by atoms with Gasteiger partial charge in [-0.05, 0) is 44.9 Å². The van der Waals surface area contributed by atoms with E-state index in [9.17, 15) is 9.90 Å². The smallest absolute Gasteiger partial charge is 0.256 e. The van der Waals surface area contributed by atoms with Gasteiger partial charge >= 0.3 is 0 Å². The third kappa shape index (κ3) is 2.50. The third-order valence-electron chi connectivity index (χ3n) is 4.81. The van der Waals surface area contributed by atoms with E-state index in [1.165, 1.54) is 0 Å². The second-order valence-corrected chi connectivity index (χ2v) is 6.58. The number of hydrogen-bond donors (Lipinski definition) is 2. The van der Waals surface area contributed by atoms with Gasteiger partial charge in [-0.15, -0.1) is 0 Å². The van der Waals surface area contributed by atoms with E-state index in [0.717, 1.165) is 36.0 Å². The number of piperidine rings is 1. The standard InChI is InChI=1S/C17H21ClN2O2/c1-10-16(14-8-13(18)5-6-15(14)19-10)17(22)20-7-3-4-12(9-21)11(20)2/h5-6,8,11-12,19,21H,3-4,7,9H2,1-2H3. The molecule has 0 bridgehead atoms. The molecule has 22 heavy (non-hydrogen) atoms. The fraction of sp³-hybridized carbons (Fsp3) is 0.471. The van der Waals surface area contributed by atoms with Gasteiger partial charge in [0.15, 0.2) is 0 Å². The number of aliphatic hydroxyl groups excluding tert-OH is 1. The summed E-state index contributed by atoms with van der Waals surface area (Å²) in [7, 11) is 0. The Hall–Kier alpha value is -1.52. The predicted molar refractivity (Wildman–Crippen MR) is 88.4 cm³/mol. The van der Waals surface area contributed by atoms with Gasteiger partial charge in [0.25, 0.3) is 5.91 Å². The summed E-state index contributed by atoms with van der Waals surface area (Å²) in [6.07, 6.45) is 1.91. The number of rotatable bonds is 2. The van der Waals surface area contributed by atoms with Crippen molar-refractivity contribution in [3.8, 4) is 0 Å². The highest BCUT2D eigenvalue weighted by atomic mass is 35.5. The minimum absolute atomic E-state index is 0.0247. The van der Waals surface area contributed by atoms with Gasteiger partial charge in [-0.25, -0.2) is 0 Å². The molecule has 1 aliphatic rings. The van der Waals surface area contributed by atoms with Crippen molar-refractivity contribution < 1.29 is 9.90 Å². The van der Waals surface area contributed by atoms with E-state index in [1.807, 2.05) is 36.9 Å². The Balaban J connectivity index is 2.01. The maximum Gasteiger partial charge on any atom is 0.256 e. The number of fused-ring (bicyclic) bond motifs is 1. The first-order valence-corrected chi connectivity index (χ1v) is 8.10. The Bertz CT molecular complexity index is 710. The van der Waals surface area contributed by atoms with E-state index >= 15 is 0 Å². The van der Waals surface area contributed by atoms with E-state index < -0.39 is 0 Å². The van der Waals surface area contributed by atoms with Crippen LogP contribution in [0, 0.1) is 12.8 Å². The van der Waals surface area contributed by atoms with Gasteiger partial charge in [-0.2, -0.15) is 0 Å². The van der Waals surface area contributed by atoms with Crippen molar-refractivity contribution in [2.75, 3.05) is 13.2 Å². The monoisotopic (exact) mass is 320 g/mol. The molecule has 0 radical (unpaired) electrons. The summed E-state index contributed by atoms with van der Waals surface area (Å²) in [5, 5.41) is 11.0. The lowest BCUT2D eigenvalue weighted by Crippen LogP contribution is -2.48. The number of nitrogens with zero attached hydrogens (tertiary/aromatic N) is 1. The SMILES string of the molecule is Cc1[nH]c2ccc(Cl)cc2c1C(=O)N1CCCC(CO)C1C. The van der Waals surface area contributed by atoms with Gasteiger partial charge in [0, 0.05) is 46.7 Å². The molecule has 5 heteroatoms. The first kappa shape index (κ1) is 15.4. The van der Waals surface area contributed by atoms with Crippen LogP contribution in [0.3, 0.4) is 0 Å². The Morgan fingerprint density at radius 2 is 2.27 bits per heavy atom.